The molecule has 1 rings (SSSR count). The van der Waals surface area contributed by atoms with Crippen molar-refractivity contribution in [3.63, 3.8) is 0 Å². The van der Waals surface area contributed by atoms with Gasteiger partial charge in [-0.15, -0.1) is 0 Å². The van der Waals surface area contributed by atoms with Gasteiger partial charge in [0, 0.05) is 0 Å². The number of halogens is 5. The molecule has 11 heteroatoms. The molecule has 0 saturated heterocycles. The zero-order chi connectivity index (χ0) is 13.2. The maximum absolute atomic E-state index is 12.9. The minimum Gasteiger partial charge on any atom is -0.308 e. The van der Waals surface area contributed by atoms with Gasteiger partial charge in [0.05, 0.1) is 0 Å². The number of hydrogen-bond donors (Lipinski definition) is 3. The third-order valence-electron chi connectivity index (χ3n) is 1.38. The average molecular weight is 290 g/mol. The van der Waals surface area contributed by atoms with Crippen molar-refractivity contribution in [3.05, 3.63) is 21.4 Å². The quantitative estimate of drug-likeness (QED) is 0.454. The average Bonchev–Trinajstić information content (AvgIpc) is 2.13. The Morgan fingerprint density at radius 1 is 1.18 bits per heavy atom. The standard InChI is InChI=1S/C6H3F5N4S2/c7-1(2(8)9)6(10,11)15-3-12-4(16)14-5(17)13-3/h(H3,12,13,14,15,16,17). The van der Waals surface area contributed by atoms with Gasteiger partial charge >= 0.3 is 12.1 Å². The molecule has 0 fully saturated rings. The molecule has 0 bridgehead atoms. The first kappa shape index (κ1) is 13.7. The van der Waals surface area contributed by atoms with Crippen LogP contribution in [0.3, 0.4) is 0 Å². The monoisotopic (exact) mass is 290 g/mol. The van der Waals surface area contributed by atoms with Crippen LogP contribution in [-0.4, -0.2) is 21.0 Å². The SMILES string of the molecule is FC(F)=C(F)C(F)(F)Nc1nc(=S)[nH]c(=S)[nH]1. The molecule has 4 nitrogen and oxygen atoms in total. The summed E-state index contributed by atoms with van der Waals surface area (Å²) in [6, 6.07) is -4.62. The molecule has 0 atom stereocenters. The van der Waals surface area contributed by atoms with E-state index in [1.54, 1.807) is 0 Å². The van der Waals surface area contributed by atoms with E-state index in [0.29, 0.717) is 0 Å². The third kappa shape index (κ3) is 3.56. The molecule has 0 aliphatic rings. The summed E-state index contributed by atoms with van der Waals surface area (Å²) in [6.07, 6.45) is -3.14. The van der Waals surface area contributed by atoms with Gasteiger partial charge in [-0.2, -0.15) is 26.9 Å². The number of nitrogens with one attached hydrogen (secondary N) is 3. The summed E-state index contributed by atoms with van der Waals surface area (Å²) in [4.78, 5) is 7.60. The normalized spacial score (nSPS) is 11.1. The van der Waals surface area contributed by atoms with Crippen molar-refractivity contribution in [2.75, 3.05) is 5.32 Å². The fraction of sp³-hybridized carbons (Fsp3) is 0.167. The summed E-state index contributed by atoms with van der Waals surface area (Å²) in [7, 11) is 0. The number of anilines is 1. The molecule has 0 amide bonds. The minimum atomic E-state index is -4.62. The van der Waals surface area contributed by atoms with E-state index in [4.69, 9.17) is 0 Å². The first-order valence-electron chi connectivity index (χ1n) is 3.80. The Morgan fingerprint density at radius 2 is 1.76 bits per heavy atom. The highest BCUT2D eigenvalue weighted by Crippen LogP contribution is 2.29. The summed E-state index contributed by atoms with van der Waals surface area (Å²) in [5.74, 6) is -3.64. The predicted octanol–water partition coefficient (Wildman–Crippen LogP) is 3.28. The Morgan fingerprint density at radius 3 is 2.24 bits per heavy atom. The lowest BCUT2D eigenvalue weighted by Crippen LogP contribution is -2.30. The summed E-state index contributed by atoms with van der Waals surface area (Å²) >= 11 is 9.04. The zero-order valence-electron chi connectivity index (χ0n) is 7.65. The number of aromatic amines is 2. The highest BCUT2D eigenvalue weighted by atomic mass is 32.1. The van der Waals surface area contributed by atoms with Crippen LogP contribution in [0.1, 0.15) is 0 Å². The van der Waals surface area contributed by atoms with E-state index in [2.05, 4.69) is 39.4 Å². The Labute approximate surface area is 101 Å². The second-order valence-electron chi connectivity index (χ2n) is 2.62. The van der Waals surface area contributed by atoms with E-state index in [1.165, 1.54) is 0 Å². The number of rotatable bonds is 3. The summed E-state index contributed by atoms with van der Waals surface area (Å²) in [5.41, 5.74) is 0. The van der Waals surface area contributed by atoms with Gasteiger partial charge in [-0.05, 0) is 24.4 Å². The van der Waals surface area contributed by atoms with Crippen LogP contribution < -0.4 is 5.32 Å². The van der Waals surface area contributed by atoms with Gasteiger partial charge < -0.3 is 9.97 Å². The van der Waals surface area contributed by atoms with Crippen LogP contribution in [0.2, 0.25) is 0 Å². The molecule has 0 unspecified atom stereocenters. The third-order valence-corrected chi connectivity index (χ3v) is 1.78. The number of alkyl halides is 2. The maximum atomic E-state index is 12.9. The molecule has 1 aromatic rings. The Kier molecular flexibility index (Phi) is 3.93. The largest absolute Gasteiger partial charge is 0.383 e. The molecule has 0 saturated carbocycles. The van der Waals surface area contributed by atoms with Gasteiger partial charge in [-0.1, -0.05) is 0 Å². The second kappa shape index (κ2) is 4.87. The van der Waals surface area contributed by atoms with E-state index in [-0.39, 0.29) is 9.54 Å². The van der Waals surface area contributed by atoms with Crippen LogP contribution in [-0.2, 0) is 0 Å². The summed E-state index contributed by atoms with van der Waals surface area (Å²) in [6.45, 7) is 0. The Bertz CT molecular complexity index is 530. The molecular weight excluding hydrogens is 287 g/mol. The fourth-order valence-electron chi connectivity index (χ4n) is 0.775. The van der Waals surface area contributed by atoms with E-state index < -0.39 is 23.9 Å². The van der Waals surface area contributed by atoms with Crippen molar-refractivity contribution in [2.45, 2.75) is 6.05 Å². The highest BCUT2D eigenvalue weighted by molar-refractivity contribution is 7.71. The molecule has 1 aromatic heterocycles. The van der Waals surface area contributed by atoms with Gasteiger partial charge in [0.15, 0.2) is 4.77 Å². The molecule has 0 spiro atoms. The van der Waals surface area contributed by atoms with Crippen molar-refractivity contribution in [1.82, 2.24) is 15.0 Å². The van der Waals surface area contributed by atoms with Gasteiger partial charge in [-0.3, -0.25) is 5.32 Å². The van der Waals surface area contributed by atoms with Crippen molar-refractivity contribution in [3.8, 4) is 0 Å². The van der Waals surface area contributed by atoms with Crippen LogP contribution in [0.4, 0.5) is 27.9 Å². The predicted molar refractivity (Wildman–Crippen MR) is 53.5 cm³/mol. The number of nitrogens with zero attached hydrogens (tertiary/aromatic N) is 1. The first-order valence-corrected chi connectivity index (χ1v) is 4.62. The highest BCUT2D eigenvalue weighted by Gasteiger charge is 2.39. The number of hydrogen-bond acceptors (Lipinski definition) is 4. The van der Waals surface area contributed by atoms with Crippen LogP contribution in [0, 0.1) is 9.54 Å². The molecule has 0 radical (unpaired) electrons. The fourth-order valence-corrected chi connectivity index (χ4v) is 1.23. The van der Waals surface area contributed by atoms with Crippen LogP contribution in [0.15, 0.2) is 11.9 Å². The van der Waals surface area contributed by atoms with Crippen molar-refractivity contribution >= 4 is 30.4 Å². The maximum Gasteiger partial charge on any atom is 0.383 e. The molecule has 17 heavy (non-hydrogen) atoms. The van der Waals surface area contributed by atoms with Crippen LogP contribution in [0.25, 0.3) is 0 Å². The lowest BCUT2D eigenvalue weighted by Gasteiger charge is -2.15. The van der Waals surface area contributed by atoms with Crippen molar-refractivity contribution in [2.24, 2.45) is 0 Å². The topological polar surface area (TPSA) is 56.5 Å². The Balaban J connectivity index is 3.10. The van der Waals surface area contributed by atoms with E-state index in [9.17, 15) is 22.0 Å². The van der Waals surface area contributed by atoms with E-state index in [1.807, 2.05) is 0 Å². The molecule has 1 heterocycles. The smallest absolute Gasteiger partial charge is 0.308 e. The molecule has 0 aliphatic heterocycles. The van der Waals surface area contributed by atoms with E-state index in [0.717, 1.165) is 5.32 Å². The van der Waals surface area contributed by atoms with Crippen molar-refractivity contribution in [1.29, 1.82) is 0 Å². The number of H-pyrrole nitrogens is 2. The van der Waals surface area contributed by atoms with E-state index >= 15 is 0 Å². The van der Waals surface area contributed by atoms with Crippen LogP contribution >= 0.6 is 24.4 Å². The van der Waals surface area contributed by atoms with Gasteiger partial charge in [-0.25, -0.2) is 0 Å². The molecular formula is C6H3F5N4S2. The lowest BCUT2D eigenvalue weighted by atomic mass is 10.5. The Hall–Kier alpha value is -1.36. The van der Waals surface area contributed by atoms with Gasteiger partial charge in [0.1, 0.15) is 0 Å². The lowest BCUT2D eigenvalue weighted by molar-refractivity contribution is 0.0393. The molecule has 94 valence electrons. The van der Waals surface area contributed by atoms with Crippen LogP contribution in [0.5, 0.6) is 0 Å². The van der Waals surface area contributed by atoms with Gasteiger partial charge in [0.25, 0.3) is 5.83 Å². The zero-order valence-corrected chi connectivity index (χ0v) is 9.29. The van der Waals surface area contributed by atoms with Gasteiger partial charge in [0.2, 0.25) is 10.7 Å². The number of aromatic nitrogens is 3. The summed E-state index contributed by atoms with van der Waals surface area (Å²) < 4.78 is 61.1. The first-order chi connectivity index (χ1) is 7.72. The minimum absolute atomic E-state index is 0.173. The molecule has 0 aliphatic carbocycles. The van der Waals surface area contributed by atoms with Crippen molar-refractivity contribution < 1.29 is 22.0 Å². The molecule has 0 aromatic carbocycles. The molecule has 3 N–H and O–H groups in total. The second-order valence-corrected chi connectivity index (χ2v) is 3.41. The summed E-state index contributed by atoms with van der Waals surface area (Å²) in [5, 5.41) is 1.11.